The zero-order valence-electron chi connectivity index (χ0n) is 12.8. The molecule has 2 N–H and O–H groups in total. The van der Waals surface area contributed by atoms with Crippen LogP contribution in [-0.2, 0) is 9.84 Å². The molecule has 1 heterocycles. The van der Waals surface area contributed by atoms with Crippen molar-refractivity contribution in [2.24, 2.45) is 5.73 Å². The Kier molecular flexibility index (Phi) is 4.25. The fourth-order valence-electron chi connectivity index (χ4n) is 2.35. The number of aromatic nitrogens is 1. The fourth-order valence-corrected chi connectivity index (χ4v) is 5.22. The Bertz CT molecular complexity index is 998. The zero-order chi connectivity index (χ0) is 17.3. The van der Waals surface area contributed by atoms with Crippen LogP contribution >= 0.6 is 11.3 Å². The molecule has 2 aromatic carbocycles. The van der Waals surface area contributed by atoms with Crippen LogP contribution in [0.4, 0.5) is 9.93 Å². The highest BCUT2D eigenvalue weighted by Gasteiger charge is 2.23. The largest absolute Gasteiger partial charge is 0.351 e. The van der Waals surface area contributed by atoms with Gasteiger partial charge in [0.1, 0.15) is 0 Å². The summed E-state index contributed by atoms with van der Waals surface area (Å²) in [6, 6.07) is 12.5. The number of nitrogens with two attached hydrogens (primary N) is 1. The molecule has 0 bridgehead atoms. The monoisotopic (exact) mass is 361 g/mol. The predicted octanol–water partition coefficient (Wildman–Crippen LogP) is 3.03. The molecule has 0 radical (unpaired) electrons. The summed E-state index contributed by atoms with van der Waals surface area (Å²) in [5, 5.41) is 0.385. The molecule has 0 atom stereocenters. The van der Waals surface area contributed by atoms with Gasteiger partial charge < -0.3 is 5.73 Å². The van der Waals surface area contributed by atoms with Crippen molar-refractivity contribution in [3.05, 3.63) is 48.5 Å². The third kappa shape index (κ3) is 2.74. The number of anilines is 1. The van der Waals surface area contributed by atoms with Crippen LogP contribution in [-0.4, -0.2) is 26.0 Å². The van der Waals surface area contributed by atoms with Crippen molar-refractivity contribution in [1.82, 2.24) is 4.98 Å². The van der Waals surface area contributed by atoms with E-state index in [0.717, 1.165) is 11.3 Å². The lowest BCUT2D eigenvalue weighted by atomic mass is 10.3. The lowest BCUT2D eigenvalue weighted by Crippen LogP contribution is -2.35. The highest BCUT2D eigenvalue weighted by molar-refractivity contribution is 7.92. The summed E-state index contributed by atoms with van der Waals surface area (Å²) in [4.78, 5) is 17.6. The minimum atomic E-state index is -3.67. The van der Waals surface area contributed by atoms with Crippen molar-refractivity contribution in [2.75, 3.05) is 11.4 Å². The lowest BCUT2D eigenvalue weighted by molar-refractivity contribution is 0.254. The van der Waals surface area contributed by atoms with E-state index < -0.39 is 15.9 Å². The SMILES string of the molecule is CCN(C(N)=O)c1nc2cccc(S(=O)(=O)c3ccccc3)c2s1. The second-order valence-corrected chi connectivity index (χ2v) is 7.90. The molecule has 0 saturated carbocycles. The second kappa shape index (κ2) is 6.21. The van der Waals surface area contributed by atoms with Gasteiger partial charge >= 0.3 is 6.03 Å². The number of hydrogen-bond donors (Lipinski definition) is 1. The van der Waals surface area contributed by atoms with Gasteiger partial charge in [0.15, 0.2) is 5.13 Å². The van der Waals surface area contributed by atoms with Crippen LogP contribution in [0.2, 0.25) is 0 Å². The smallest absolute Gasteiger partial charge is 0.321 e. The molecule has 3 aromatic rings. The maximum atomic E-state index is 12.9. The van der Waals surface area contributed by atoms with Gasteiger partial charge in [0, 0.05) is 6.54 Å². The number of rotatable bonds is 4. The average Bonchev–Trinajstić information content (AvgIpc) is 2.99. The number of hydrogen-bond acceptors (Lipinski definition) is 5. The van der Waals surface area contributed by atoms with Gasteiger partial charge in [-0.3, -0.25) is 4.90 Å². The van der Waals surface area contributed by atoms with E-state index in [0.29, 0.717) is 21.9 Å². The van der Waals surface area contributed by atoms with E-state index in [2.05, 4.69) is 4.98 Å². The standard InChI is InChI=1S/C16H15N3O3S2/c1-2-19(15(17)20)16-18-12-9-6-10-13(14(12)23-16)24(21,22)11-7-4-3-5-8-11/h3-10H,2H2,1H3,(H2,17,20). The highest BCUT2D eigenvalue weighted by Crippen LogP contribution is 2.35. The van der Waals surface area contributed by atoms with Gasteiger partial charge in [-0.15, -0.1) is 0 Å². The van der Waals surface area contributed by atoms with Crippen molar-refractivity contribution in [3.8, 4) is 0 Å². The summed E-state index contributed by atoms with van der Waals surface area (Å²) in [5.74, 6) is 0. The van der Waals surface area contributed by atoms with Gasteiger partial charge in [0.05, 0.1) is 20.0 Å². The van der Waals surface area contributed by atoms with Crippen LogP contribution in [0, 0.1) is 0 Å². The Hall–Kier alpha value is -2.45. The minimum Gasteiger partial charge on any atom is -0.351 e. The summed E-state index contributed by atoms with van der Waals surface area (Å²) in [6.45, 7) is 2.13. The van der Waals surface area contributed by atoms with Crippen molar-refractivity contribution in [3.63, 3.8) is 0 Å². The summed E-state index contributed by atoms with van der Waals surface area (Å²) >= 11 is 1.14. The van der Waals surface area contributed by atoms with Crippen molar-refractivity contribution in [1.29, 1.82) is 0 Å². The average molecular weight is 361 g/mol. The van der Waals surface area contributed by atoms with Crippen LogP contribution in [0.25, 0.3) is 10.2 Å². The molecule has 1 aromatic heterocycles. The van der Waals surface area contributed by atoms with E-state index in [-0.39, 0.29) is 9.79 Å². The maximum absolute atomic E-state index is 12.9. The normalized spacial score (nSPS) is 11.5. The Balaban J connectivity index is 2.20. The predicted molar refractivity (Wildman–Crippen MR) is 94.1 cm³/mol. The van der Waals surface area contributed by atoms with Gasteiger partial charge in [-0.05, 0) is 31.2 Å². The second-order valence-electron chi connectivity index (χ2n) is 5.00. The van der Waals surface area contributed by atoms with Crippen molar-refractivity contribution in [2.45, 2.75) is 16.7 Å². The third-order valence-corrected chi connectivity index (χ3v) is 6.59. The van der Waals surface area contributed by atoms with E-state index in [9.17, 15) is 13.2 Å². The first-order chi connectivity index (χ1) is 11.4. The van der Waals surface area contributed by atoms with Crippen LogP contribution in [0.1, 0.15) is 6.92 Å². The number of thiazole rings is 1. The molecular weight excluding hydrogens is 346 g/mol. The Morgan fingerprint density at radius 3 is 2.50 bits per heavy atom. The van der Waals surface area contributed by atoms with Crippen molar-refractivity contribution < 1.29 is 13.2 Å². The molecular formula is C16H15N3O3S2. The number of carbonyl (C=O) groups excluding carboxylic acids is 1. The first-order valence-corrected chi connectivity index (χ1v) is 9.51. The number of nitrogens with zero attached hydrogens (tertiary/aromatic N) is 2. The van der Waals surface area contributed by atoms with E-state index in [4.69, 9.17) is 5.73 Å². The first kappa shape index (κ1) is 16.4. The molecule has 0 saturated heterocycles. The van der Waals surface area contributed by atoms with Gasteiger partial charge in [0.25, 0.3) is 0 Å². The molecule has 0 aliphatic heterocycles. The lowest BCUT2D eigenvalue weighted by Gasteiger charge is -2.13. The molecule has 6 nitrogen and oxygen atoms in total. The molecule has 0 aliphatic rings. The molecule has 8 heteroatoms. The molecule has 24 heavy (non-hydrogen) atoms. The van der Waals surface area contributed by atoms with Crippen molar-refractivity contribution >= 4 is 42.6 Å². The van der Waals surface area contributed by atoms with Gasteiger partial charge in [-0.1, -0.05) is 35.6 Å². The first-order valence-electron chi connectivity index (χ1n) is 7.22. The third-order valence-electron chi connectivity index (χ3n) is 3.52. The fraction of sp³-hybridized carbons (Fsp3) is 0.125. The Morgan fingerprint density at radius 1 is 1.17 bits per heavy atom. The van der Waals surface area contributed by atoms with E-state index in [1.807, 2.05) is 0 Å². The van der Waals surface area contributed by atoms with Crippen LogP contribution in [0.5, 0.6) is 0 Å². The van der Waals surface area contributed by atoms with Gasteiger partial charge in [-0.25, -0.2) is 18.2 Å². The quantitative estimate of drug-likeness (QED) is 0.773. The molecule has 0 aliphatic carbocycles. The van der Waals surface area contributed by atoms with Crippen LogP contribution < -0.4 is 10.6 Å². The molecule has 0 unspecified atom stereocenters. The molecule has 0 spiro atoms. The zero-order valence-corrected chi connectivity index (χ0v) is 14.5. The van der Waals surface area contributed by atoms with Crippen LogP contribution in [0.15, 0.2) is 58.3 Å². The topological polar surface area (TPSA) is 93.4 Å². The summed E-state index contributed by atoms with van der Waals surface area (Å²) in [6.07, 6.45) is 0. The number of sulfone groups is 1. The molecule has 124 valence electrons. The Labute approximate surface area is 143 Å². The van der Waals surface area contributed by atoms with Gasteiger partial charge in [-0.2, -0.15) is 0 Å². The van der Waals surface area contributed by atoms with Gasteiger partial charge in [0.2, 0.25) is 9.84 Å². The summed E-state index contributed by atoms with van der Waals surface area (Å²) in [7, 11) is -3.67. The van der Waals surface area contributed by atoms with E-state index in [1.54, 1.807) is 55.5 Å². The summed E-state index contributed by atoms with van der Waals surface area (Å²) < 4.78 is 26.3. The number of benzene rings is 2. The van der Waals surface area contributed by atoms with E-state index >= 15 is 0 Å². The molecule has 2 amide bonds. The molecule has 3 rings (SSSR count). The highest BCUT2D eigenvalue weighted by atomic mass is 32.2. The Morgan fingerprint density at radius 2 is 1.88 bits per heavy atom. The number of primary amides is 1. The summed E-state index contributed by atoms with van der Waals surface area (Å²) in [5.41, 5.74) is 5.87. The molecule has 0 fully saturated rings. The number of fused-ring (bicyclic) bond motifs is 1. The van der Waals surface area contributed by atoms with E-state index in [1.165, 1.54) is 4.90 Å². The van der Waals surface area contributed by atoms with Crippen LogP contribution in [0.3, 0.4) is 0 Å². The number of amides is 2. The number of urea groups is 1. The minimum absolute atomic E-state index is 0.176. The number of carbonyl (C=O) groups is 1. The maximum Gasteiger partial charge on any atom is 0.321 e.